The van der Waals surface area contributed by atoms with Crippen molar-refractivity contribution >= 4 is 68.1 Å². The molecule has 1 aliphatic heterocycles. The second-order valence-corrected chi connectivity index (χ2v) is 9.21. The molecular formula is C20H13BrCl3F3N4O. The Hall–Kier alpha value is -1.94. The van der Waals surface area contributed by atoms with Gasteiger partial charge in [0.05, 0.1) is 16.8 Å². The zero-order valence-corrected chi connectivity index (χ0v) is 19.7. The molecule has 0 radical (unpaired) electrons. The van der Waals surface area contributed by atoms with Crippen LogP contribution in [0.15, 0.2) is 46.9 Å². The maximum Gasteiger partial charge on any atom is 0.410 e. The predicted octanol–water partition coefficient (Wildman–Crippen LogP) is 7.52. The van der Waals surface area contributed by atoms with E-state index in [2.05, 4.69) is 31.7 Å². The quantitative estimate of drug-likeness (QED) is 0.344. The third kappa shape index (κ3) is 4.57. The van der Waals surface area contributed by atoms with Crippen LogP contribution in [0.25, 0.3) is 0 Å². The van der Waals surface area contributed by atoms with Crippen LogP contribution in [0.5, 0.6) is 0 Å². The van der Waals surface area contributed by atoms with Crippen LogP contribution < -0.4 is 10.6 Å². The fraction of sp³-hybridized carbons (Fsp3) is 0.200. The number of alkyl halides is 3. The molecular weight excluding hydrogens is 556 g/mol. The first-order valence-corrected chi connectivity index (χ1v) is 11.1. The van der Waals surface area contributed by atoms with Gasteiger partial charge in [0.2, 0.25) is 0 Å². The number of hydrogen-bond donors (Lipinski definition) is 2. The predicted molar refractivity (Wildman–Crippen MR) is 122 cm³/mol. The molecule has 168 valence electrons. The van der Waals surface area contributed by atoms with Gasteiger partial charge in [-0.25, -0.2) is 4.68 Å². The number of nitrogens with one attached hydrogen (secondary N) is 2. The Bertz CT molecular complexity index is 1180. The fourth-order valence-corrected chi connectivity index (χ4v) is 4.29. The average Bonchev–Trinajstić information content (AvgIpc) is 3.06. The van der Waals surface area contributed by atoms with Crippen LogP contribution in [0, 0.1) is 0 Å². The zero-order chi connectivity index (χ0) is 23.2. The second-order valence-electron chi connectivity index (χ2n) is 7.08. The fourth-order valence-electron chi connectivity index (χ4n) is 3.42. The molecule has 12 heteroatoms. The Morgan fingerprint density at radius 2 is 1.84 bits per heavy atom. The molecule has 5 nitrogen and oxygen atoms in total. The normalized spacial score (nSPS) is 18.1. The van der Waals surface area contributed by atoms with Crippen molar-refractivity contribution in [2.45, 2.75) is 24.7 Å². The molecule has 0 bridgehead atoms. The third-order valence-electron chi connectivity index (χ3n) is 4.96. The summed E-state index contributed by atoms with van der Waals surface area (Å²) in [5.74, 6) is -0.903. The van der Waals surface area contributed by atoms with Gasteiger partial charge in [0.1, 0.15) is 10.8 Å². The highest BCUT2D eigenvalue weighted by Crippen LogP contribution is 2.46. The van der Waals surface area contributed by atoms with Crippen LogP contribution in [0.4, 0.5) is 24.7 Å². The Morgan fingerprint density at radius 3 is 2.50 bits per heavy atom. The highest BCUT2D eigenvalue weighted by Gasteiger charge is 2.47. The molecule has 1 aromatic heterocycles. The van der Waals surface area contributed by atoms with Gasteiger partial charge in [0.25, 0.3) is 5.91 Å². The smallest absolute Gasteiger partial charge is 0.362 e. The van der Waals surface area contributed by atoms with Gasteiger partial charge in [-0.2, -0.15) is 18.3 Å². The van der Waals surface area contributed by atoms with Gasteiger partial charge < -0.3 is 10.6 Å². The maximum absolute atomic E-state index is 13.9. The molecule has 32 heavy (non-hydrogen) atoms. The van der Waals surface area contributed by atoms with E-state index in [9.17, 15) is 18.0 Å². The van der Waals surface area contributed by atoms with Gasteiger partial charge in [-0.05, 0) is 35.9 Å². The molecule has 2 atom stereocenters. The molecule has 2 N–H and O–H groups in total. The first kappa shape index (κ1) is 23.2. The molecule has 2 aromatic carbocycles. The number of nitrogens with zero attached hydrogens (tertiary/aromatic N) is 2. The number of fused-ring (bicyclic) bond motifs is 1. The molecule has 0 fully saturated rings. The van der Waals surface area contributed by atoms with Crippen molar-refractivity contribution in [1.82, 2.24) is 9.78 Å². The molecule has 0 spiro atoms. The summed E-state index contributed by atoms with van der Waals surface area (Å²) in [5, 5.41) is 9.66. The van der Waals surface area contributed by atoms with Gasteiger partial charge >= 0.3 is 6.18 Å². The van der Waals surface area contributed by atoms with Crippen molar-refractivity contribution in [3.05, 3.63) is 73.3 Å². The standard InChI is InChI=1S/C20H13BrCl3F3N4O/c21-10-3-1-9(2-4-10)13-8-15(20(25,26)27)31-18(28-13)16(24)17(30-31)19(32)29-14-7-11(22)5-6-12(14)23/h1-7,13,15,28H,8H2,(H,29,32)/t13-,15+/m1/s1. The van der Waals surface area contributed by atoms with Crippen LogP contribution in [-0.2, 0) is 0 Å². The number of hydrogen-bond acceptors (Lipinski definition) is 3. The number of aromatic nitrogens is 2. The number of carbonyl (C=O) groups excluding carboxylic acids is 1. The van der Waals surface area contributed by atoms with E-state index in [0.29, 0.717) is 15.3 Å². The topological polar surface area (TPSA) is 59.0 Å². The number of halogens is 7. The van der Waals surface area contributed by atoms with Gasteiger partial charge in [0, 0.05) is 15.9 Å². The van der Waals surface area contributed by atoms with Crippen LogP contribution in [0.2, 0.25) is 15.1 Å². The summed E-state index contributed by atoms with van der Waals surface area (Å²) >= 11 is 21.6. The molecule has 0 aliphatic carbocycles. The number of carbonyl (C=O) groups is 1. The monoisotopic (exact) mass is 566 g/mol. The van der Waals surface area contributed by atoms with Crippen molar-refractivity contribution in [3.63, 3.8) is 0 Å². The van der Waals surface area contributed by atoms with E-state index in [1.807, 2.05) is 0 Å². The number of amides is 1. The second kappa shape index (κ2) is 8.78. The minimum atomic E-state index is -4.61. The third-order valence-corrected chi connectivity index (χ3v) is 6.41. The van der Waals surface area contributed by atoms with Gasteiger partial charge in [-0.1, -0.05) is 62.9 Å². The minimum Gasteiger partial charge on any atom is -0.362 e. The maximum atomic E-state index is 13.9. The lowest BCUT2D eigenvalue weighted by Gasteiger charge is -2.33. The number of benzene rings is 2. The number of rotatable bonds is 3. The lowest BCUT2D eigenvalue weighted by Crippen LogP contribution is -2.35. The van der Waals surface area contributed by atoms with Crippen molar-refractivity contribution in [3.8, 4) is 0 Å². The SMILES string of the molecule is O=C(Nc1cc(Cl)ccc1Cl)c1nn2c(c1Cl)N[C@@H](c1ccc(Br)cc1)C[C@H]2C(F)(F)F. The molecule has 0 unspecified atom stereocenters. The van der Waals surface area contributed by atoms with Gasteiger partial charge in [0.15, 0.2) is 11.7 Å². The summed E-state index contributed by atoms with van der Waals surface area (Å²) < 4.78 is 43.2. The first-order valence-electron chi connectivity index (χ1n) is 9.17. The molecule has 2 heterocycles. The van der Waals surface area contributed by atoms with E-state index in [0.717, 1.165) is 4.47 Å². The molecule has 4 rings (SSSR count). The molecule has 1 amide bonds. The molecule has 1 aliphatic rings. The van der Waals surface area contributed by atoms with Crippen molar-refractivity contribution in [1.29, 1.82) is 0 Å². The van der Waals surface area contributed by atoms with E-state index in [-0.39, 0.29) is 33.7 Å². The van der Waals surface area contributed by atoms with E-state index in [1.165, 1.54) is 18.2 Å². The van der Waals surface area contributed by atoms with E-state index < -0.39 is 24.2 Å². The van der Waals surface area contributed by atoms with Crippen LogP contribution in [0.1, 0.15) is 34.6 Å². The summed E-state index contributed by atoms with van der Waals surface area (Å²) in [6.45, 7) is 0. The average molecular weight is 569 g/mol. The Labute approximate surface area is 204 Å². The minimum absolute atomic E-state index is 0.0875. The van der Waals surface area contributed by atoms with Crippen molar-refractivity contribution in [2.24, 2.45) is 0 Å². The van der Waals surface area contributed by atoms with Gasteiger partial charge in [-0.15, -0.1) is 0 Å². The highest BCUT2D eigenvalue weighted by atomic mass is 79.9. The van der Waals surface area contributed by atoms with E-state index in [4.69, 9.17) is 34.8 Å². The van der Waals surface area contributed by atoms with Crippen LogP contribution in [-0.4, -0.2) is 21.9 Å². The van der Waals surface area contributed by atoms with E-state index in [1.54, 1.807) is 24.3 Å². The van der Waals surface area contributed by atoms with Crippen LogP contribution >= 0.6 is 50.7 Å². The lowest BCUT2D eigenvalue weighted by atomic mass is 9.97. The van der Waals surface area contributed by atoms with E-state index >= 15 is 0 Å². The van der Waals surface area contributed by atoms with Crippen molar-refractivity contribution in [2.75, 3.05) is 10.6 Å². The summed E-state index contributed by atoms with van der Waals surface area (Å²) in [4.78, 5) is 12.8. The summed E-state index contributed by atoms with van der Waals surface area (Å²) in [6, 6.07) is 8.66. The van der Waals surface area contributed by atoms with Crippen molar-refractivity contribution < 1.29 is 18.0 Å². The van der Waals surface area contributed by atoms with Crippen LogP contribution in [0.3, 0.4) is 0 Å². The highest BCUT2D eigenvalue weighted by molar-refractivity contribution is 9.10. The summed E-state index contributed by atoms with van der Waals surface area (Å²) in [6.07, 6.45) is -4.93. The Morgan fingerprint density at radius 1 is 1.16 bits per heavy atom. The Balaban J connectivity index is 1.71. The molecule has 3 aromatic rings. The molecule has 0 saturated heterocycles. The zero-order valence-electron chi connectivity index (χ0n) is 15.9. The largest absolute Gasteiger partial charge is 0.410 e. The number of anilines is 2. The molecule has 0 saturated carbocycles. The first-order chi connectivity index (χ1) is 15.0. The summed E-state index contributed by atoms with van der Waals surface area (Å²) in [5.41, 5.74) is 0.456. The Kier molecular flexibility index (Phi) is 6.37. The lowest BCUT2D eigenvalue weighted by molar-refractivity contribution is -0.173. The van der Waals surface area contributed by atoms with Gasteiger partial charge in [-0.3, -0.25) is 4.79 Å². The summed E-state index contributed by atoms with van der Waals surface area (Å²) in [7, 11) is 0.